The number of aromatic amines is 1. The predicted molar refractivity (Wildman–Crippen MR) is 87.1 cm³/mol. The van der Waals surface area contributed by atoms with Crippen molar-refractivity contribution in [2.24, 2.45) is 0 Å². The Bertz CT molecular complexity index is 985. The van der Waals surface area contributed by atoms with Crippen LogP contribution in [0.2, 0.25) is 0 Å². The molecule has 0 aliphatic heterocycles. The van der Waals surface area contributed by atoms with Gasteiger partial charge in [0.2, 0.25) is 0 Å². The third-order valence-corrected chi connectivity index (χ3v) is 3.51. The van der Waals surface area contributed by atoms with Crippen LogP contribution in [0.15, 0.2) is 48.7 Å². The standard InChI is InChI=1S/C17H11F3N4O/c18-17(19,20)11-2-1-3-12(6-11)23-16(25)24-13-4-5-14-10(8-21)9-22-15(14)7-13/h1-7,9,22H,(H2,23,24,25). The second kappa shape index (κ2) is 6.20. The number of hydrogen-bond donors (Lipinski definition) is 3. The van der Waals surface area contributed by atoms with E-state index >= 15 is 0 Å². The van der Waals surface area contributed by atoms with Gasteiger partial charge in [0.05, 0.1) is 11.1 Å². The molecule has 0 unspecified atom stereocenters. The van der Waals surface area contributed by atoms with Crippen LogP contribution in [0.1, 0.15) is 11.1 Å². The summed E-state index contributed by atoms with van der Waals surface area (Å²) < 4.78 is 38.0. The number of nitriles is 1. The molecule has 2 amide bonds. The number of carbonyl (C=O) groups is 1. The SMILES string of the molecule is N#Cc1c[nH]c2cc(NC(=O)Nc3cccc(C(F)(F)F)c3)ccc12. The van der Waals surface area contributed by atoms with Crippen molar-refractivity contribution in [3.63, 3.8) is 0 Å². The van der Waals surface area contributed by atoms with Crippen molar-refractivity contribution in [1.29, 1.82) is 5.26 Å². The second-order valence-electron chi connectivity index (χ2n) is 5.23. The average molecular weight is 344 g/mol. The molecule has 3 aromatic rings. The van der Waals surface area contributed by atoms with Crippen LogP contribution in [0.5, 0.6) is 0 Å². The van der Waals surface area contributed by atoms with Crippen molar-refractivity contribution >= 4 is 28.3 Å². The number of H-pyrrole nitrogens is 1. The highest BCUT2D eigenvalue weighted by atomic mass is 19.4. The number of amides is 2. The van der Waals surface area contributed by atoms with Gasteiger partial charge in [0.25, 0.3) is 0 Å². The van der Waals surface area contributed by atoms with Crippen molar-refractivity contribution < 1.29 is 18.0 Å². The van der Waals surface area contributed by atoms with Gasteiger partial charge in [-0.25, -0.2) is 4.79 Å². The molecule has 2 aromatic carbocycles. The molecule has 126 valence electrons. The summed E-state index contributed by atoms with van der Waals surface area (Å²) in [6, 6.07) is 10.6. The molecule has 0 saturated heterocycles. The molecule has 25 heavy (non-hydrogen) atoms. The maximum atomic E-state index is 12.7. The number of rotatable bonds is 2. The van der Waals surface area contributed by atoms with Gasteiger partial charge in [0.1, 0.15) is 6.07 Å². The van der Waals surface area contributed by atoms with Crippen molar-refractivity contribution in [3.05, 3.63) is 59.8 Å². The van der Waals surface area contributed by atoms with E-state index in [1.165, 1.54) is 12.1 Å². The van der Waals surface area contributed by atoms with Gasteiger partial charge in [-0.1, -0.05) is 6.07 Å². The molecule has 3 rings (SSSR count). The molecule has 0 bridgehead atoms. The minimum absolute atomic E-state index is 0.0278. The molecule has 0 fully saturated rings. The molecule has 1 aromatic heterocycles. The fourth-order valence-electron chi connectivity index (χ4n) is 2.36. The third kappa shape index (κ3) is 3.55. The molecular formula is C17H11F3N4O. The minimum Gasteiger partial charge on any atom is -0.360 e. The van der Waals surface area contributed by atoms with Crippen LogP contribution >= 0.6 is 0 Å². The molecule has 3 N–H and O–H groups in total. The molecule has 0 saturated carbocycles. The van der Waals surface area contributed by atoms with Gasteiger partial charge in [-0.2, -0.15) is 18.4 Å². The smallest absolute Gasteiger partial charge is 0.360 e. The summed E-state index contributed by atoms with van der Waals surface area (Å²) in [5.74, 6) is 0. The quantitative estimate of drug-likeness (QED) is 0.630. The monoisotopic (exact) mass is 344 g/mol. The highest BCUT2D eigenvalue weighted by Gasteiger charge is 2.30. The Morgan fingerprint density at radius 2 is 1.80 bits per heavy atom. The van der Waals surface area contributed by atoms with Gasteiger partial charge in [-0.15, -0.1) is 0 Å². The largest absolute Gasteiger partial charge is 0.416 e. The van der Waals surface area contributed by atoms with Gasteiger partial charge in [0.15, 0.2) is 0 Å². The predicted octanol–water partition coefficient (Wildman–Crippen LogP) is 4.70. The third-order valence-electron chi connectivity index (χ3n) is 3.51. The molecule has 0 aliphatic rings. The van der Waals surface area contributed by atoms with Crippen LogP contribution in [-0.2, 0) is 6.18 Å². The number of carbonyl (C=O) groups excluding carboxylic acids is 1. The Hall–Kier alpha value is -3.47. The number of aromatic nitrogens is 1. The number of urea groups is 1. The maximum Gasteiger partial charge on any atom is 0.416 e. The van der Waals surface area contributed by atoms with Crippen molar-refractivity contribution in [2.45, 2.75) is 6.18 Å². The normalized spacial score (nSPS) is 11.1. The van der Waals surface area contributed by atoms with Crippen molar-refractivity contribution in [2.75, 3.05) is 10.6 Å². The maximum absolute atomic E-state index is 12.7. The van der Waals surface area contributed by atoms with Crippen LogP contribution in [0.25, 0.3) is 10.9 Å². The second-order valence-corrected chi connectivity index (χ2v) is 5.23. The van der Waals surface area contributed by atoms with E-state index in [1.807, 2.05) is 6.07 Å². The molecule has 5 nitrogen and oxygen atoms in total. The fraction of sp³-hybridized carbons (Fsp3) is 0.0588. The van der Waals surface area contributed by atoms with Crippen LogP contribution in [0.3, 0.4) is 0 Å². The van der Waals surface area contributed by atoms with E-state index in [2.05, 4.69) is 15.6 Å². The van der Waals surface area contributed by atoms with Gasteiger partial charge in [-0.05, 0) is 36.4 Å². The number of nitrogens with one attached hydrogen (secondary N) is 3. The topological polar surface area (TPSA) is 80.7 Å². The Kier molecular flexibility index (Phi) is 4.07. The fourth-order valence-corrected chi connectivity index (χ4v) is 2.36. The number of benzene rings is 2. The molecule has 0 aliphatic carbocycles. The summed E-state index contributed by atoms with van der Waals surface area (Å²) >= 11 is 0. The summed E-state index contributed by atoms with van der Waals surface area (Å²) in [5.41, 5.74) is 0.758. The highest BCUT2D eigenvalue weighted by molar-refractivity contribution is 6.01. The lowest BCUT2D eigenvalue weighted by Gasteiger charge is -2.11. The molecule has 0 spiro atoms. The van der Waals surface area contributed by atoms with E-state index < -0.39 is 17.8 Å². The Morgan fingerprint density at radius 1 is 1.08 bits per heavy atom. The van der Waals surface area contributed by atoms with Crippen LogP contribution in [0.4, 0.5) is 29.3 Å². The van der Waals surface area contributed by atoms with E-state index in [1.54, 1.807) is 24.4 Å². The van der Waals surface area contributed by atoms with Crippen molar-refractivity contribution in [1.82, 2.24) is 4.98 Å². The van der Waals surface area contributed by atoms with Crippen LogP contribution < -0.4 is 10.6 Å². The molecule has 1 heterocycles. The molecule has 0 radical (unpaired) electrons. The van der Waals surface area contributed by atoms with E-state index in [-0.39, 0.29) is 5.69 Å². The first-order valence-electron chi connectivity index (χ1n) is 7.13. The Morgan fingerprint density at radius 3 is 2.48 bits per heavy atom. The van der Waals surface area contributed by atoms with Crippen molar-refractivity contribution in [3.8, 4) is 6.07 Å². The summed E-state index contributed by atoms with van der Waals surface area (Å²) in [5, 5.41) is 14.6. The molecular weight excluding hydrogens is 333 g/mol. The van der Waals surface area contributed by atoms with E-state index in [4.69, 9.17) is 5.26 Å². The number of halogens is 3. The number of fused-ring (bicyclic) bond motifs is 1. The number of anilines is 2. The summed E-state index contributed by atoms with van der Waals surface area (Å²) in [7, 11) is 0. The summed E-state index contributed by atoms with van der Waals surface area (Å²) in [4.78, 5) is 14.9. The Labute approximate surface area is 140 Å². The zero-order chi connectivity index (χ0) is 18.0. The van der Waals surface area contributed by atoms with Crippen LogP contribution in [-0.4, -0.2) is 11.0 Å². The number of hydrogen-bond acceptors (Lipinski definition) is 2. The van der Waals surface area contributed by atoms with E-state index in [0.29, 0.717) is 22.2 Å². The minimum atomic E-state index is -4.48. The zero-order valence-electron chi connectivity index (χ0n) is 12.6. The van der Waals surface area contributed by atoms with E-state index in [9.17, 15) is 18.0 Å². The highest BCUT2D eigenvalue weighted by Crippen LogP contribution is 2.30. The number of alkyl halides is 3. The Balaban J connectivity index is 1.74. The zero-order valence-corrected chi connectivity index (χ0v) is 12.6. The summed E-state index contributed by atoms with van der Waals surface area (Å²) in [6.45, 7) is 0. The molecule has 8 heteroatoms. The average Bonchev–Trinajstić information content (AvgIpc) is 2.96. The number of nitrogens with zero attached hydrogens (tertiary/aromatic N) is 1. The lowest BCUT2D eigenvalue weighted by Crippen LogP contribution is -2.19. The van der Waals surface area contributed by atoms with Crippen LogP contribution in [0, 0.1) is 11.3 Å². The van der Waals surface area contributed by atoms with E-state index in [0.717, 1.165) is 12.1 Å². The first kappa shape index (κ1) is 16.4. The lowest BCUT2D eigenvalue weighted by molar-refractivity contribution is -0.137. The van der Waals surface area contributed by atoms with Gasteiger partial charge in [0, 0.05) is 28.5 Å². The molecule has 0 atom stereocenters. The van der Waals surface area contributed by atoms with Gasteiger partial charge in [-0.3, -0.25) is 0 Å². The summed E-state index contributed by atoms with van der Waals surface area (Å²) in [6.07, 6.45) is -2.93. The first-order chi connectivity index (χ1) is 11.9. The van der Waals surface area contributed by atoms with Gasteiger partial charge >= 0.3 is 12.2 Å². The lowest BCUT2D eigenvalue weighted by atomic mass is 10.2. The van der Waals surface area contributed by atoms with Gasteiger partial charge < -0.3 is 15.6 Å². The first-order valence-corrected chi connectivity index (χ1v) is 7.13.